The Kier molecular flexibility index (Phi) is 7.68. The fraction of sp³-hybridized carbons (Fsp3) is 0.591. The highest BCUT2D eigenvalue weighted by molar-refractivity contribution is 5.94. The van der Waals surface area contributed by atoms with Gasteiger partial charge in [0, 0.05) is 57.4 Å². The maximum absolute atomic E-state index is 12.8. The van der Waals surface area contributed by atoms with Crippen LogP contribution in [0.5, 0.6) is 0 Å². The molecule has 2 fully saturated rings. The largest absolute Gasteiger partial charge is 0.342 e. The van der Waals surface area contributed by atoms with Gasteiger partial charge in [-0.25, -0.2) is 4.79 Å². The first-order valence-corrected chi connectivity index (χ1v) is 10.8. The number of hydrogen-bond acceptors (Lipinski definition) is 4. The summed E-state index contributed by atoms with van der Waals surface area (Å²) in [4.78, 5) is 42.7. The van der Waals surface area contributed by atoms with Crippen LogP contribution in [0.4, 0.5) is 4.79 Å². The van der Waals surface area contributed by atoms with Gasteiger partial charge in [0.1, 0.15) is 0 Å². The number of rotatable bonds is 6. The molecule has 0 atom stereocenters. The quantitative estimate of drug-likeness (QED) is 0.733. The molecule has 0 unspecified atom stereocenters. The topological polar surface area (TPSA) is 85.0 Å². The minimum absolute atomic E-state index is 0.0116. The third-order valence-corrected chi connectivity index (χ3v) is 5.55. The van der Waals surface area contributed by atoms with E-state index in [4.69, 9.17) is 0 Å². The van der Waals surface area contributed by atoms with Gasteiger partial charge in [-0.1, -0.05) is 12.1 Å². The zero-order valence-corrected chi connectivity index (χ0v) is 18.0. The molecule has 0 bridgehead atoms. The van der Waals surface area contributed by atoms with Crippen LogP contribution >= 0.6 is 0 Å². The molecule has 2 aliphatic heterocycles. The number of hydrogen-bond donors (Lipinski definition) is 2. The number of piperazine rings is 1. The van der Waals surface area contributed by atoms with E-state index in [2.05, 4.69) is 15.5 Å². The lowest BCUT2D eigenvalue weighted by Crippen LogP contribution is -2.51. The number of nitrogens with one attached hydrogen (secondary N) is 2. The summed E-state index contributed by atoms with van der Waals surface area (Å²) in [7, 11) is 0. The Bertz CT molecular complexity index is 736. The van der Waals surface area contributed by atoms with Crippen molar-refractivity contribution in [2.24, 2.45) is 0 Å². The first-order chi connectivity index (χ1) is 14.4. The van der Waals surface area contributed by atoms with Gasteiger partial charge in [0.25, 0.3) is 5.91 Å². The standard InChI is InChI=1S/C22H33N5O3/c1-17(2)24-22(30)23-15-18-5-7-19(8-6-18)21(29)27-13-11-25(12-14-27)16-20(28)26-9-3-4-10-26/h5-8,17H,3-4,9-16H2,1-2H3,(H2,23,24,30). The second-order valence-electron chi connectivity index (χ2n) is 8.33. The van der Waals surface area contributed by atoms with Crippen LogP contribution in [0.25, 0.3) is 0 Å². The van der Waals surface area contributed by atoms with Crippen molar-refractivity contribution in [3.05, 3.63) is 35.4 Å². The predicted octanol–water partition coefficient (Wildman–Crippen LogP) is 1.27. The summed E-state index contributed by atoms with van der Waals surface area (Å²) < 4.78 is 0. The van der Waals surface area contributed by atoms with Crippen molar-refractivity contribution in [1.29, 1.82) is 0 Å². The number of urea groups is 1. The summed E-state index contributed by atoms with van der Waals surface area (Å²) >= 11 is 0. The Balaban J connectivity index is 1.43. The number of likely N-dealkylation sites (tertiary alicyclic amines) is 1. The van der Waals surface area contributed by atoms with Gasteiger partial charge in [-0.3, -0.25) is 14.5 Å². The summed E-state index contributed by atoms with van der Waals surface area (Å²) in [6.45, 7) is 9.14. The molecule has 2 saturated heterocycles. The maximum Gasteiger partial charge on any atom is 0.315 e. The van der Waals surface area contributed by atoms with Crippen molar-refractivity contribution in [1.82, 2.24) is 25.3 Å². The van der Waals surface area contributed by atoms with E-state index in [-0.39, 0.29) is 23.9 Å². The number of carbonyl (C=O) groups is 3. The molecular formula is C22H33N5O3. The van der Waals surface area contributed by atoms with E-state index >= 15 is 0 Å². The number of amides is 4. The van der Waals surface area contributed by atoms with Gasteiger partial charge in [-0.15, -0.1) is 0 Å². The molecule has 2 N–H and O–H groups in total. The highest BCUT2D eigenvalue weighted by Crippen LogP contribution is 2.12. The van der Waals surface area contributed by atoms with E-state index in [9.17, 15) is 14.4 Å². The highest BCUT2D eigenvalue weighted by Gasteiger charge is 2.25. The Morgan fingerprint density at radius 2 is 1.53 bits per heavy atom. The Labute approximate surface area is 178 Å². The molecule has 2 heterocycles. The fourth-order valence-electron chi connectivity index (χ4n) is 3.81. The van der Waals surface area contributed by atoms with Gasteiger partial charge >= 0.3 is 6.03 Å². The molecule has 8 nitrogen and oxygen atoms in total. The molecule has 0 aromatic heterocycles. The molecule has 1 aromatic carbocycles. The van der Waals surface area contributed by atoms with E-state index in [0.717, 1.165) is 44.6 Å². The van der Waals surface area contributed by atoms with Crippen molar-refractivity contribution in [2.45, 2.75) is 39.3 Å². The fourth-order valence-corrected chi connectivity index (χ4v) is 3.81. The van der Waals surface area contributed by atoms with Crippen LogP contribution in [0, 0.1) is 0 Å². The first-order valence-electron chi connectivity index (χ1n) is 10.8. The average Bonchev–Trinajstić information content (AvgIpc) is 3.27. The van der Waals surface area contributed by atoms with Crippen LogP contribution in [0.2, 0.25) is 0 Å². The Hall–Kier alpha value is -2.61. The molecule has 1 aromatic rings. The molecule has 0 aliphatic carbocycles. The van der Waals surface area contributed by atoms with Gasteiger partial charge in [0.05, 0.1) is 6.54 Å². The lowest BCUT2D eigenvalue weighted by atomic mass is 10.1. The molecule has 164 valence electrons. The van der Waals surface area contributed by atoms with Crippen LogP contribution in [0.3, 0.4) is 0 Å². The average molecular weight is 416 g/mol. The lowest BCUT2D eigenvalue weighted by Gasteiger charge is -2.35. The number of carbonyl (C=O) groups excluding carboxylic acids is 3. The van der Waals surface area contributed by atoms with Crippen LogP contribution in [-0.4, -0.2) is 84.4 Å². The zero-order chi connectivity index (χ0) is 21.5. The third-order valence-electron chi connectivity index (χ3n) is 5.55. The molecule has 0 radical (unpaired) electrons. The van der Waals surface area contributed by atoms with E-state index < -0.39 is 0 Å². The number of benzene rings is 1. The molecule has 30 heavy (non-hydrogen) atoms. The van der Waals surface area contributed by atoms with E-state index in [1.54, 1.807) is 0 Å². The second-order valence-corrected chi connectivity index (χ2v) is 8.33. The van der Waals surface area contributed by atoms with Crippen molar-refractivity contribution >= 4 is 17.8 Å². The maximum atomic E-state index is 12.8. The normalized spacial score (nSPS) is 17.3. The van der Waals surface area contributed by atoms with Crippen LogP contribution in [-0.2, 0) is 11.3 Å². The minimum atomic E-state index is -0.203. The molecule has 0 spiro atoms. The SMILES string of the molecule is CC(C)NC(=O)NCc1ccc(C(=O)N2CCN(CC(=O)N3CCCC3)CC2)cc1. The van der Waals surface area contributed by atoms with E-state index in [0.29, 0.717) is 31.7 Å². The van der Waals surface area contributed by atoms with Crippen molar-refractivity contribution in [3.63, 3.8) is 0 Å². The molecular weight excluding hydrogens is 382 g/mol. The van der Waals surface area contributed by atoms with Crippen molar-refractivity contribution < 1.29 is 14.4 Å². The van der Waals surface area contributed by atoms with Gasteiger partial charge in [0.2, 0.25) is 5.91 Å². The van der Waals surface area contributed by atoms with Gasteiger partial charge in [-0.05, 0) is 44.4 Å². The van der Waals surface area contributed by atoms with Crippen LogP contribution < -0.4 is 10.6 Å². The van der Waals surface area contributed by atoms with Crippen molar-refractivity contribution in [2.75, 3.05) is 45.8 Å². The molecule has 4 amide bonds. The first kappa shape index (κ1) is 22.1. The predicted molar refractivity (Wildman–Crippen MR) is 115 cm³/mol. The second kappa shape index (κ2) is 10.4. The summed E-state index contributed by atoms with van der Waals surface area (Å²) in [6.07, 6.45) is 2.21. The Morgan fingerprint density at radius 3 is 2.13 bits per heavy atom. The Morgan fingerprint density at radius 1 is 0.900 bits per heavy atom. The number of nitrogens with zero attached hydrogens (tertiary/aromatic N) is 3. The van der Waals surface area contributed by atoms with E-state index in [1.807, 2.05) is 47.9 Å². The van der Waals surface area contributed by atoms with Gasteiger partial charge < -0.3 is 20.4 Å². The summed E-state index contributed by atoms with van der Waals surface area (Å²) in [6, 6.07) is 7.24. The van der Waals surface area contributed by atoms with Crippen molar-refractivity contribution in [3.8, 4) is 0 Å². The highest BCUT2D eigenvalue weighted by atomic mass is 16.2. The lowest BCUT2D eigenvalue weighted by molar-refractivity contribution is -0.131. The summed E-state index contributed by atoms with van der Waals surface area (Å²) in [5.41, 5.74) is 1.59. The minimum Gasteiger partial charge on any atom is -0.342 e. The van der Waals surface area contributed by atoms with Gasteiger partial charge in [-0.2, -0.15) is 0 Å². The van der Waals surface area contributed by atoms with Crippen LogP contribution in [0.1, 0.15) is 42.6 Å². The van der Waals surface area contributed by atoms with E-state index in [1.165, 1.54) is 0 Å². The molecule has 3 rings (SSSR count). The summed E-state index contributed by atoms with van der Waals surface area (Å²) in [5.74, 6) is 0.219. The van der Waals surface area contributed by atoms with Gasteiger partial charge in [0.15, 0.2) is 0 Å². The molecule has 8 heteroatoms. The van der Waals surface area contributed by atoms with Crippen LogP contribution in [0.15, 0.2) is 24.3 Å². The smallest absolute Gasteiger partial charge is 0.315 e. The summed E-state index contributed by atoms with van der Waals surface area (Å²) in [5, 5.41) is 5.58. The molecule has 2 aliphatic rings. The zero-order valence-electron chi connectivity index (χ0n) is 18.0. The molecule has 0 saturated carbocycles. The monoisotopic (exact) mass is 415 g/mol. The third kappa shape index (κ3) is 6.19.